The van der Waals surface area contributed by atoms with E-state index in [0.717, 1.165) is 32.4 Å². The molecule has 3 heteroatoms. The van der Waals surface area contributed by atoms with Crippen molar-refractivity contribution in [2.24, 2.45) is 0 Å². The van der Waals surface area contributed by atoms with Crippen LogP contribution < -0.4 is 5.32 Å². The summed E-state index contributed by atoms with van der Waals surface area (Å²) in [6, 6.07) is 0. The Morgan fingerprint density at radius 1 is 1.36 bits per heavy atom. The van der Waals surface area contributed by atoms with Crippen molar-refractivity contribution >= 4 is 5.97 Å². The molecule has 0 aliphatic rings. The van der Waals surface area contributed by atoms with Gasteiger partial charge in [-0.1, -0.05) is 13.5 Å². The van der Waals surface area contributed by atoms with Gasteiger partial charge >= 0.3 is 5.97 Å². The largest absolute Gasteiger partial charge is 0.462 e. The molecule has 0 amide bonds. The average Bonchev–Trinajstić information content (AvgIpc) is 2.16. The molecule has 1 N–H and O–H groups in total. The maximum Gasteiger partial charge on any atom is 0.333 e. The molecule has 0 bridgehead atoms. The van der Waals surface area contributed by atoms with E-state index >= 15 is 0 Å². The third-order valence-corrected chi connectivity index (χ3v) is 1.76. The van der Waals surface area contributed by atoms with Gasteiger partial charge in [0.25, 0.3) is 0 Å². The number of nitrogens with one attached hydrogen (secondary N) is 1. The predicted molar refractivity (Wildman–Crippen MR) is 58.2 cm³/mol. The lowest BCUT2D eigenvalue weighted by Crippen LogP contribution is -2.16. The van der Waals surface area contributed by atoms with E-state index in [9.17, 15) is 4.79 Å². The van der Waals surface area contributed by atoms with E-state index in [1.807, 2.05) is 0 Å². The fourth-order valence-corrected chi connectivity index (χ4v) is 0.942. The minimum atomic E-state index is -0.286. The lowest BCUT2D eigenvalue weighted by atomic mass is 10.3. The Balaban J connectivity index is 3.13. The highest BCUT2D eigenvalue weighted by atomic mass is 16.5. The molecule has 0 aromatic heterocycles. The Bertz CT molecular complexity index is 178. The molecule has 0 aromatic carbocycles. The third kappa shape index (κ3) is 7.80. The van der Waals surface area contributed by atoms with Crippen molar-refractivity contribution in [3.63, 3.8) is 0 Å². The highest BCUT2D eigenvalue weighted by Gasteiger charge is 2.01. The first-order valence-electron chi connectivity index (χ1n) is 5.21. The first-order chi connectivity index (χ1) is 6.68. The van der Waals surface area contributed by atoms with Crippen LogP contribution >= 0.6 is 0 Å². The highest BCUT2D eigenvalue weighted by molar-refractivity contribution is 5.86. The number of unbranched alkanes of at least 4 members (excludes halogenated alkanes) is 1. The molecule has 0 atom stereocenters. The van der Waals surface area contributed by atoms with Crippen LogP contribution in [0, 0.1) is 0 Å². The number of carbonyl (C=O) groups excluding carboxylic acids is 1. The number of rotatable bonds is 8. The molecule has 0 rings (SSSR count). The Kier molecular flexibility index (Phi) is 8.24. The van der Waals surface area contributed by atoms with Gasteiger partial charge in [0.15, 0.2) is 0 Å². The fourth-order valence-electron chi connectivity index (χ4n) is 0.942. The summed E-state index contributed by atoms with van der Waals surface area (Å²) in [6.07, 6.45) is 3.11. The van der Waals surface area contributed by atoms with Crippen LogP contribution in [-0.2, 0) is 9.53 Å². The van der Waals surface area contributed by atoms with Crippen LogP contribution in [0.15, 0.2) is 12.2 Å². The van der Waals surface area contributed by atoms with E-state index < -0.39 is 0 Å². The van der Waals surface area contributed by atoms with Crippen molar-refractivity contribution in [3.8, 4) is 0 Å². The summed E-state index contributed by atoms with van der Waals surface area (Å²) in [5.74, 6) is -0.286. The lowest BCUT2D eigenvalue weighted by Gasteiger charge is -2.04. The number of hydrogen-bond donors (Lipinski definition) is 1. The topological polar surface area (TPSA) is 38.3 Å². The summed E-state index contributed by atoms with van der Waals surface area (Å²) in [5.41, 5.74) is 0.467. The van der Waals surface area contributed by atoms with Crippen LogP contribution in [0.4, 0.5) is 0 Å². The van der Waals surface area contributed by atoms with Crippen LogP contribution in [0.3, 0.4) is 0 Å². The van der Waals surface area contributed by atoms with Gasteiger partial charge in [-0.3, -0.25) is 0 Å². The van der Waals surface area contributed by atoms with E-state index in [0.29, 0.717) is 12.2 Å². The first-order valence-corrected chi connectivity index (χ1v) is 5.21. The van der Waals surface area contributed by atoms with Crippen LogP contribution in [-0.4, -0.2) is 25.7 Å². The molecule has 0 saturated heterocycles. The van der Waals surface area contributed by atoms with E-state index in [1.54, 1.807) is 6.92 Å². The zero-order valence-corrected chi connectivity index (χ0v) is 9.27. The molecule has 0 spiro atoms. The smallest absolute Gasteiger partial charge is 0.333 e. The van der Waals surface area contributed by atoms with Crippen molar-refractivity contribution in [1.29, 1.82) is 0 Å². The molecule has 0 heterocycles. The summed E-state index contributed by atoms with van der Waals surface area (Å²) >= 11 is 0. The summed E-state index contributed by atoms with van der Waals surface area (Å²) in [6.45, 7) is 9.87. The summed E-state index contributed by atoms with van der Waals surface area (Å²) in [7, 11) is 0. The van der Waals surface area contributed by atoms with E-state index in [4.69, 9.17) is 4.74 Å². The number of carbonyl (C=O) groups is 1. The normalized spacial score (nSPS) is 9.86. The van der Waals surface area contributed by atoms with Gasteiger partial charge in [-0.25, -0.2) is 4.79 Å². The Morgan fingerprint density at radius 3 is 2.64 bits per heavy atom. The maximum atomic E-state index is 10.9. The molecule has 0 saturated carbocycles. The summed E-state index contributed by atoms with van der Waals surface area (Å²) in [5, 5.41) is 3.29. The minimum Gasteiger partial charge on any atom is -0.462 e. The minimum absolute atomic E-state index is 0.286. The Hall–Kier alpha value is -0.830. The Labute approximate surface area is 86.5 Å². The van der Waals surface area contributed by atoms with Crippen LogP contribution in [0.25, 0.3) is 0 Å². The van der Waals surface area contributed by atoms with Gasteiger partial charge in [-0.2, -0.15) is 0 Å². The second kappa shape index (κ2) is 8.75. The molecule has 0 aliphatic carbocycles. The summed E-state index contributed by atoms with van der Waals surface area (Å²) in [4.78, 5) is 10.9. The number of ether oxygens (including phenoxy) is 1. The van der Waals surface area contributed by atoms with Gasteiger partial charge in [-0.15, -0.1) is 0 Å². The van der Waals surface area contributed by atoms with Crippen molar-refractivity contribution in [2.45, 2.75) is 33.1 Å². The van der Waals surface area contributed by atoms with Crippen molar-refractivity contribution < 1.29 is 9.53 Å². The zero-order valence-electron chi connectivity index (χ0n) is 9.27. The number of hydrogen-bond acceptors (Lipinski definition) is 3. The molecular weight excluding hydrogens is 178 g/mol. The Morgan fingerprint density at radius 2 is 2.07 bits per heavy atom. The molecule has 82 valence electrons. The fraction of sp³-hybridized carbons (Fsp3) is 0.727. The quantitative estimate of drug-likeness (QED) is 0.368. The second-order valence-electron chi connectivity index (χ2n) is 3.37. The van der Waals surface area contributed by atoms with Crippen molar-refractivity contribution in [1.82, 2.24) is 5.32 Å². The molecule has 0 aromatic rings. The predicted octanol–water partition coefficient (Wildman–Crippen LogP) is 1.89. The van der Waals surface area contributed by atoms with Crippen LogP contribution in [0.1, 0.15) is 33.1 Å². The third-order valence-electron chi connectivity index (χ3n) is 1.76. The molecule has 3 nitrogen and oxygen atoms in total. The molecule has 14 heavy (non-hydrogen) atoms. The highest BCUT2D eigenvalue weighted by Crippen LogP contribution is 1.95. The van der Waals surface area contributed by atoms with Gasteiger partial charge in [0.1, 0.15) is 0 Å². The van der Waals surface area contributed by atoms with E-state index in [-0.39, 0.29) is 5.97 Å². The molecule has 0 fully saturated rings. The van der Waals surface area contributed by atoms with Gasteiger partial charge in [0.2, 0.25) is 0 Å². The van der Waals surface area contributed by atoms with Gasteiger partial charge < -0.3 is 10.1 Å². The average molecular weight is 199 g/mol. The monoisotopic (exact) mass is 199 g/mol. The number of esters is 1. The summed E-state index contributed by atoms with van der Waals surface area (Å²) < 4.78 is 4.94. The molecular formula is C11H21NO2. The lowest BCUT2D eigenvalue weighted by molar-refractivity contribution is -0.139. The van der Waals surface area contributed by atoms with Crippen LogP contribution in [0.2, 0.25) is 0 Å². The molecule has 0 radical (unpaired) electrons. The first kappa shape index (κ1) is 13.2. The van der Waals surface area contributed by atoms with Gasteiger partial charge in [-0.05, 0) is 39.3 Å². The van der Waals surface area contributed by atoms with E-state index in [2.05, 4.69) is 18.8 Å². The second-order valence-corrected chi connectivity index (χ2v) is 3.37. The standard InChI is InChI=1S/C11H21NO2/c1-4-7-12-8-5-6-9-14-11(13)10(2)3/h12H,2,4-9H2,1,3H3. The van der Waals surface area contributed by atoms with Gasteiger partial charge in [0, 0.05) is 5.57 Å². The SMILES string of the molecule is C=C(C)C(=O)OCCCCNCCC. The molecule has 0 aliphatic heterocycles. The van der Waals surface area contributed by atoms with Crippen molar-refractivity contribution in [2.75, 3.05) is 19.7 Å². The van der Waals surface area contributed by atoms with E-state index in [1.165, 1.54) is 0 Å². The van der Waals surface area contributed by atoms with Crippen LogP contribution in [0.5, 0.6) is 0 Å². The molecule has 0 unspecified atom stereocenters. The van der Waals surface area contributed by atoms with Gasteiger partial charge in [0.05, 0.1) is 6.61 Å². The zero-order chi connectivity index (χ0) is 10.8. The van der Waals surface area contributed by atoms with Crippen molar-refractivity contribution in [3.05, 3.63) is 12.2 Å². The maximum absolute atomic E-state index is 10.9.